The Hall–Kier alpha value is -4.01. The number of rotatable bonds is 6. The van der Waals surface area contributed by atoms with Crippen molar-refractivity contribution in [1.82, 2.24) is 4.57 Å². The number of benzene rings is 2. The van der Waals surface area contributed by atoms with Gasteiger partial charge in [-0.2, -0.15) is 0 Å². The Morgan fingerprint density at radius 3 is 2.48 bits per heavy atom. The number of hydrogen-bond acceptors (Lipinski definition) is 7. The van der Waals surface area contributed by atoms with Gasteiger partial charge in [-0.15, -0.1) is 0 Å². The van der Waals surface area contributed by atoms with Gasteiger partial charge in [0.15, 0.2) is 17.2 Å². The van der Waals surface area contributed by atoms with Crippen molar-refractivity contribution in [3.05, 3.63) is 57.3 Å². The number of hydrogen-bond donors (Lipinski definition) is 1. The summed E-state index contributed by atoms with van der Waals surface area (Å²) in [6, 6.07) is 7.83. The molecule has 2 aromatic carbocycles. The van der Waals surface area contributed by atoms with Crippen molar-refractivity contribution in [1.29, 1.82) is 0 Å². The molecule has 0 bridgehead atoms. The number of phenolic OH excluding ortho intramolecular Hbond substituents is 1. The molecule has 9 nitrogen and oxygen atoms in total. The number of nitro benzene ring substituents is 1. The van der Waals surface area contributed by atoms with Gasteiger partial charge in [-0.05, 0) is 55.7 Å². The smallest absolute Gasteiger partial charge is 0.340 e. The first kappa shape index (κ1) is 22.2. The lowest BCUT2D eigenvalue weighted by Crippen LogP contribution is -2.15. The minimum Gasteiger partial charge on any atom is -0.502 e. The molecule has 0 unspecified atom stereocenters. The number of carbonyl (C=O) groups excluding carboxylic acids is 1. The number of esters is 1. The highest BCUT2D eigenvalue weighted by atomic mass is 16.6. The number of aromatic nitrogens is 1. The molecule has 3 aromatic rings. The van der Waals surface area contributed by atoms with Crippen LogP contribution in [0.2, 0.25) is 0 Å². The minimum atomic E-state index is -0.654. The lowest BCUT2D eigenvalue weighted by molar-refractivity contribution is -0.385. The van der Waals surface area contributed by atoms with Crippen molar-refractivity contribution in [3.63, 3.8) is 0 Å². The van der Waals surface area contributed by atoms with E-state index in [0.717, 1.165) is 16.8 Å². The molecule has 4 rings (SSSR count). The molecule has 0 saturated heterocycles. The second kappa shape index (κ2) is 8.50. The predicted octanol–water partition coefficient (Wildman–Crippen LogP) is 4.49. The summed E-state index contributed by atoms with van der Waals surface area (Å²) in [5, 5.41) is 21.4. The van der Waals surface area contributed by atoms with E-state index in [2.05, 4.69) is 0 Å². The van der Waals surface area contributed by atoms with Gasteiger partial charge in [0, 0.05) is 29.4 Å². The monoisotopic (exact) mass is 452 g/mol. The van der Waals surface area contributed by atoms with Crippen LogP contribution >= 0.6 is 0 Å². The maximum absolute atomic E-state index is 13.2. The van der Waals surface area contributed by atoms with E-state index >= 15 is 0 Å². The van der Waals surface area contributed by atoms with Gasteiger partial charge in [0.1, 0.15) is 0 Å². The summed E-state index contributed by atoms with van der Waals surface area (Å²) >= 11 is 0. The lowest BCUT2D eigenvalue weighted by Gasteiger charge is -2.23. The molecule has 9 heteroatoms. The molecule has 2 heterocycles. The van der Waals surface area contributed by atoms with Crippen LogP contribution in [0.15, 0.2) is 30.3 Å². The largest absolute Gasteiger partial charge is 0.502 e. The topological polar surface area (TPSA) is 113 Å². The normalized spacial score (nSPS) is 12.0. The Morgan fingerprint density at radius 1 is 1.18 bits per heavy atom. The van der Waals surface area contributed by atoms with Crippen LogP contribution < -0.4 is 9.47 Å². The maximum Gasteiger partial charge on any atom is 0.340 e. The van der Waals surface area contributed by atoms with Gasteiger partial charge in [0.05, 0.1) is 37.0 Å². The van der Waals surface area contributed by atoms with Crippen molar-refractivity contribution in [2.24, 2.45) is 0 Å². The summed E-state index contributed by atoms with van der Waals surface area (Å²) < 4.78 is 18.4. The molecule has 0 aliphatic carbocycles. The Bertz CT molecular complexity index is 1280. The fourth-order valence-corrected chi connectivity index (χ4v) is 4.47. The Kier molecular flexibility index (Phi) is 5.71. The highest BCUT2D eigenvalue weighted by Crippen LogP contribution is 2.46. The molecule has 33 heavy (non-hydrogen) atoms. The number of phenols is 1. The van der Waals surface area contributed by atoms with Crippen LogP contribution in [0.5, 0.6) is 17.2 Å². The Labute approximate surface area is 190 Å². The van der Waals surface area contributed by atoms with Crippen LogP contribution in [0, 0.1) is 17.0 Å². The number of carbonyl (C=O) groups is 1. The number of ether oxygens (including phenoxy) is 3. The van der Waals surface area contributed by atoms with Crippen LogP contribution in [-0.4, -0.2) is 41.4 Å². The molecule has 1 aromatic heterocycles. The maximum atomic E-state index is 13.2. The third kappa shape index (κ3) is 3.55. The highest BCUT2D eigenvalue weighted by Gasteiger charge is 2.32. The molecule has 0 spiro atoms. The first-order valence-electron chi connectivity index (χ1n) is 10.5. The molecule has 1 N–H and O–H groups in total. The molecule has 0 fully saturated rings. The zero-order chi connectivity index (χ0) is 23.9. The van der Waals surface area contributed by atoms with Gasteiger partial charge in [-0.1, -0.05) is 0 Å². The van der Waals surface area contributed by atoms with E-state index in [1.54, 1.807) is 21.1 Å². The Morgan fingerprint density at radius 2 is 1.88 bits per heavy atom. The molecular weight excluding hydrogens is 428 g/mol. The molecule has 172 valence electrons. The number of aromatic hydroxyl groups is 1. The summed E-state index contributed by atoms with van der Waals surface area (Å²) in [4.78, 5) is 23.7. The van der Waals surface area contributed by atoms with Crippen molar-refractivity contribution in [2.45, 2.75) is 26.8 Å². The third-order valence-corrected chi connectivity index (χ3v) is 5.93. The average Bonchev–Trinajstić information content (AvgIpc) is 3.10. The summed E-state index contributed by atoms with van der Waals surface area (Å²) in [7, 11) is 3.12. The van der Waals surface area contributed by atoms with E-state index in [9.17, 15) is 20.0 Å². The van der Waals surface area contributed by atoms with E-state index in [-0.39, 0.29) is 6.61 Å². The van der Waals surface area contributed by atoms with Gasteiger partial charge in [-0.3, -0.25) is 10.1 Å². The molecule has 1 aliphatic heterocycles. The average molecular weight is 452 g/mol. The van der Waals surface area contributed by atoms with E-state index in [1.807, 2.05) is 23.6 Å². The third-order valence-electron chi connectivity index (χ3n) is 5.93. The molecule has 0 radical (unpaired) electrons. The number of methoxy groups -OCH3 is 2. The summed E-state index contributed by atoms with van der Waals surface area (Å²) in [6.45, 7) is 4.42. The molecule has 0 saturated carbocycles. The van der Waals surface area contributed by atoms with E-state index in [4.69, 9.17) is 14.2 Å². The quantitative estimate of drug-likeness (QED) is 0.333. The SMILES string of the molecule is CCOC(=O)c1c(-c2ccc([N+](=O)[O-])c(O)c2)c(C)n2c1-c1cc(OC)c(OC)cc1CC2. The highest BCUT2D eigenvalue weighted by molar-refractivity contribution is 6.05. The molecule has 1 aliphatic rings. The first-order chi connectivity index (χ1) is 15.8. The van der Waals surface area contributed by atoms with Crippen molar-refractivity contribution in [3.8, 4) is 39.6 Å². The number of nitro groups is 1. The number of nitrogens with zero attached hydrogens (tertiary/aromatic N) is 2. The first-order valence-corrected chi connectivity index (χ1v) is 10.5. The van der Waals surface area contributed by atoms with Gasteiger partial charge in [0.2, 0.25) is 0 Å². The van der Waals surface area contributed by atoms with E-state index in [1.165, 1.54) is 18.2 Å². The fraction of sp³-hybridized carbons (Fsp3) is 0.292. The van der Waals surface area contributed by atoms with Gasteiger partial charge in [0.25, 0.3) is 0 Å². The second-order valence-corrected chi connectivity index (χ2v) is 7.63. The number of fused-ring (bicyclic) bond motifs is 3. The van der Waals surface area contributed by atoms with Crippen LogP contribution in [-0.2, 0) is 17.7 Å². The Balaban J connectivity index is 2.02. The van der Waals surface area contributed by atoms with Gasteiger partial charge >= 0.3 is 11.7 Å². The van der Waals surface area contributed by atoms with Crippen LogP contribution in [0.3, 0.4) is 0 Å². The zero-order valence-corrected chi connectivity index (χ0v) is 18.8. The van der Waals surface area contributed by atoms with E-state index in [0.29, 0.717) is 46.8 Å². The van der Waals surface area contributed by atoms with Gasteiger partial charge < -0.3 is 23.9 Å². The summed E-state index contributed by atoms with van der Waals surface area (Å²) in [5.74, 6) is 0.159. The van der Waals surface area contributed by atoms with Gasteiger partial charge in [-0.25, -0.2) is 4.79 Å². The van der Waals surface area contributed by atoms with Crippen LogP contribution in [0.4, 0.5) is 5.69 Å². The molecular formula is C24H24N2O7. The minimum absolute atomic E-state index is 0.187. The van der Waals surface area contributed by atoms with Crippen molar-refractivity contribution >= 4 is 11.7 Å². The van der Waals surface area contributed by atoms with E-state index < -0.39 is 22.3 Å². The predicted molar refractivity (Wildman–Crippen MR) is 121 cm³/mol. The van der Waals surface area contributed by atoms with Crippen LogP contribution in [0.1, 0.15) is 28.5 Å². The second-order valence-electron chi connectivity index (χ2n) is 7.63. The summed E-state index contributed by atoms with van der Waals surface area (Å²) in [5.41, 5.74) is 4.29. The lowest BCUT2D eigenvalue weighted by atomic mass is 9.93. The van der Waals surface area contributed by atoms with Crippen LogP contribution in [0.25, 0.3) is 22.4 Å². The summed E-state index contributed by atoms with van der Waals surface area (Å²) in [6.07, 6.45) is 0.714. The fourth-order valence-electron chi connectivity index (χ4n) is 4.47. The molecule has 0 amide bonds. The standard InChI is InChI=1S/C24H24N2O7/c1-5-33-24(28)22-21(15-6-7-17(26(29)30)18(27)10-15)13(2)25-9-8-14-11-19(31-3)20(32-4)12-16(14)23(22)25/h6-7,10-12,27H,5,8-9H2,1-4H3. The van der Waals surface area contributed by atoms with Crippen molar-refractivity contribution in [2.75, 3.05) is 20.8 Å². The molecule has 0 atom stereocenters. The number of aryl methyl sites for hydroxylation is 1. The zero-order valence-electron chi connectivity index (χ0n) is 18.8. The van der Waals surface area contributed by atoms with Crippen molar-refractivity contribution < 1.29 is 29.0 Å².